The van der Waals surface area contributed by atoms with Crippen LogP contribution >= 0.6 is 11.3 Å². The van der Waals surface area contributed by atoms with Gasteiger partial charge in [0.25, 0.3) is 0 Å². The summed E-state index contributed by atoms with van der Waals surface area (Å²) in [7, 11) is 2.09. The van der Waals surface area contributed by atoms with Crippen LogP contribution < -0.4 is 5.73 Å². The van der Waals surface area contributed by atoms with Crippen molar-refractivity contribution in [2.24, 2.45) is 17.1 Å². The van der Waals surface area contributed by atoms with Gasteiger partial charge in [0.05, 0.1) is 23.4 Å². The van der Waals surface area contributed by atoms with Crippen LogP contribution in [-0.4, -0.2) is 24.0 Å². The Morgan fingerprint density at radius 2 is 2.04 bits per heavy atom. The minimum Gasteiger partial charge on any atom is -0.399 e. The molecule has 4 atom stereocenters. The molecule has 1 aromatic rings. The molecule has 0 radical (unpaired) electrons. The Morgan fingerprint density at radius 1 is 1.28 bits per heavy atom. The van der Waals surface area contributed by atoms with Crippen molar-refractivity contribution < 1.29 is 0 Å². The fourth-order valence-electron chi connectivity index (χ4n) is 4.91. The Kier molecular flexibility index (Phi) is 3.48. The molecule has 5 nitrogen and oxygen atoms in total. The van der Waals surface area contributed by atoms with E-state index in [-0.39, 0.29) is 23.6 Å². The summed E-state index contributed by atoms with van der Waals surface area (Å²) in [6.45, 7) is 0. The lowest BCUT2D eigenvalue weighted by atomic mass is 9.56. The van der Waals surface area contributed by atoms with Gasteiger partial charge >= 0.3 is 0 Å². The van der Waals surface area contributed by atoms with Gasteiger partial charge in [-0.05, 0) is 47.9 Å². The van der Waals surface area contributed by atoms with E-state index in [1.807, 2.05) is 16.8 Å². The molecule has 3 aliphatic rings. The predicted octanol–water partition coefficient (Wildman–Crippen LogP) is 2.63. The van der Waals surface area contributed by atoms with Gasteiger partial charge in [0.15, 0.2) is 5.41 Å². The number of hydrogen-bond acceptors (Lipinski definition) is 6. The first-order chi connectivity index (χ1) is 12.1. The maximum Gasteiger partial charge on any atom is 0.191 e. The summed E-state index contributed by atoms with van der Waals surface area (Å²) in [6.07, 6.45) is 4.16. The van der Waals surface area contributed by atoms with Gasteiger partial charge in [-0.2, -0.15) is 27.1 Å². The van der Waals surface area contributed by atoms with Crippen molar-refractivity contribution in [3.63, 3.8) is 0 Å². The van der Waals surface area contributed by atoms with E-state index in [1.54, 1.807) is 11.3 Å². The molecule has 0 unspecified atom stereocenters. The maximum absolute atomic E-state index is 9.99. The SMILES string of the molecule is CN1[C@@H]2C=C3C(C#N)=C(N)C(C#N)(C#N)[C@@H](c4ccsc4)[C@@H]3[C@H]1CC2. The summed E-state index contributed by atoms with van der Waals surface area (Å²) in [5.41, 5.74) is 7.14. The lowest BCUT2D eigenvalue weighted by Gasteiger charge is -2.48. The van der Waals surface area contributed by atoms with Gasteiger partial charge in [-0.15, -0.1) is 0 Å². The summed E-state index contributed by atoms with van der Waals surface area (Å²) < 4.78 is 0. The van der Waals surface area contributed by atoms with E-state index in [0.29, 0.717) is 11.6 Å². The quantitative estimate of drug-likeness (QED) is 0.841. The van der Waals surface area contributed by atoms with Crippen molar-refractivity contribution in [3.05, 3.63) is 45.3 Å². The highest BCUT2D eigenvalue weighted by Crippen LogP contribution is 2.58. The second kappa shape index (κ2) is 5.46. The molecule has 1 saturated heterocycles. The van der Waals surface area contributed by atoms with Crippen LogP contribution in [0.3, 0.4) is 0 Å². The van der Waals surface area contributed by atoms with E-state index in [0.717, 1.165) is 24.0 Å². The Hall–Kier alpha value is -2.59. The van der Waals surface area contributed by atoms with Gasteiger partial charge < -0.3 is 5.73 Å². The van der Waals surface area contributed by atoms with Crippen LogP contribution in [0.1, 0.15) is 24.3 Å². The summed E-state index contributed by atoms with van der Waals surface area (Å²) in [5, 5.41) is 33.7. The van der Waals surface area contributed by atoms with E-state index in [1.165, 1.54) is 0 Å². The van der Waals surface area contributed by atoms with Gasteiger partial charge in [-0.1, -0.05) is 6.08 Å². The normalized spacial score (nSPS) is 33.0. The summed E-state index contributed by atoms with van der Waals surface area (Å²) >= 11 is 1.55. The first kappa shape index (κ1) is 15.9. The molecule has 2 N–H and O–H groups in total. The fourth-order valence-corrected chi connectivity index (χ4v) is 5.61. The molecule has 3 heterocycles. The predicted molar refractivity (Wildman–Crippen MR) is 93.7 cm³/mol. The second-order valence-electron chi connectivity index (χ2n) is 6.99. The van der Waals surface area contributed by atoms with Crippen molar-refractivity contribution in [2.75, 3.05) is 7.05 Å². The smallest absolute Gasteiger partial charge is 0.191 e. The molecular weight excluding hydrogens is 330 g/mol. The summed E-state index contributed by atoms with van der Waals surface area (Å²) in [4.78, 5) is 2.32. The Labute approximate surface area is 150 Å². The van der Waals surface area contributed by atoms with Crippen molar-refractivity contribution in [1.29, 1.82) is 15.8 Å². The number of thiophene rings is 1. The van der Waals surface area contributed by atoms with Crippen molar-refractivity contribution in [3.8, 4) is 18.2 Å². The lowest BCUT2D eigenvalue weighted by Crippen LogP contribution is -2.51. The molecule has 0 amide bonds. The van der Waals surface area contributed by atoms with E-state index < -0.39 is 5.41 Å². The van der Waals surface area contributed by atoms with E-state index >= 15 is 0 Å². The Bertz CT molecular complexity index is 891. The molecule has 4 rings (SSSR count). The number of rotatable bonds is 1. The largest absolute Gasteiger partial charge is 0.399 e. The number of nitrogens with two attached hydrogens (primary N) is 1. The molecule has 0 aromatic carbocycles. The third kappa shape index (κ3) is 1.89. The molecule has 1 fully saturated rings. The highest BCUT2D eigenvalue weighted by atomic mass is 32.1. The average molecular weight is 347 g/mol. The zero-order valence-corrected chi connectivity index (χ0v) is 14.6. The van der Waals surface area contributed by atoms with Gasteiger partial charge in [0.2, 0.25) is 0 Å². The molecular formula is C19H17N5S. The van der Waals surface area contributed by atoms with Crippen molar-refractivity contribution in [1.82, 2.24) is 4.90 Å². The van der Waals surface area contributed by atoms with Crippen LogP contribution in [0, 0.1) is 45.3 Å². The number of hydrogen-bond donors (Lipinski definition) is 1. The summed E-state index contributed by atoms with van der Waals surface area (Å²) in [5.74, 6) is -0.428. The third-order valence-electron chi connectivity index (χ3n) is 6.13. The van der Waals surface area contributed by atoms with Crippen LogP contribution in [0.25, 0.3) is 0 Å². The van der Waals surface area contributed by atoms with E-state index in [2.05, 4.69) is 36.2 Å². The van der Waals surface area contributed by atoms with E-state index in [4.69, 9.17) is 5.73 Å². The zero-order chi connectivity index (χ0) is 17.8. The van der Waals surface area contributed by atoms with Crippen molar-refractivity contribution in [2.45, 2.75) is 30.8 Å². The lowest BCUT2D eigenvalue weighted by molar-refractivity contribution is 0.161. The second-order valence-corrected chi connectivity index (χ2v) is 7.77. The topological polar surface area (TPSA) is 101 Å². The number of fused-ring (bicyclic) bond motifs is 4. The molecule has 1 aromatic heterocycles. The van der Waals surface area contributed by atoms with Crippen LogP contribution in [0.4, 0.5) is 0 Å². The number of nitrogens with zero attached hydrogens (tertiary/aromatic N) is 4. The van der Waals surface area contributed by atoms with Crippen molar-refractivity contribution >= 4 is 11.3 Å². The highest BCUT2D eigenvalue weighted by molar-refractivity contribution is 7.08. The van der Waals surface area contributed by atoms with Crippen LogP contribution in [-0.2, 0) is 0 Å². The third-order valence-corrected chi connectivity index (χ3v) is 6.83. The van der Waals surface area contributed by atoms with Gasteiger partial charge in [0, 0.05) is 23.9 Å². The molecule has 2 aliphatic heterocycles. The Morgan fingerprint density at radius 3 is 2.64 bits per heavy atom. The van der Waals surface area contributed by atoms with Gasteiger partial charge in [0.1, 0.15) is 6.07 Å². The molecule has 0 saturated carbocycles. The van der Waals surface area contributed by atoms with E-state index in [9.17, 15) is 15.8 Å². The molecule has 25 heavy (non-hydrogen) atoms. The standard InChI is InChI=1S/C19H17N5S/c1-24-12-2-3-15(24)16-13(6-12)14(7-20)18(23)19(9-21,10-22)17(16)11-4-5-25-8-11/h4-6,8,12,15-17H,2-3,23H2,1H3/t12-,15+,16-,17-/m0/s1. The number of nitriles is 3. The maximum atomic E-state index is 9.99. The molecule has 0 spiro atoms. The first-order valence-electron chi connectivity index (χ1n) is 8.28. The minimum atomic E-state index is -1.51. The minimum absolute atomic E-state index is 0.0698. The van der Waals surface area contributed by atoms with Crippen LogP contribution in [0.2, 0.25) is 0 Å². The van der Waals surface area contributed by atoms with Gasteiger partial charge in [-0.25, -0.2) is 0 Å². The van der Waals surface area contributed by atoms with Crippen LogP contribution in [0.15, 0.2) is 39.7 Å². The monoisotopic (exact) mass is 347 g/mol. The zero-order valence-electron chi connectivity index (χ0n) is 13.8. The fraction of sp³-hybridized carbons (Fsp3) is 0.421. The molecule has 6 heteroatoms. The molecule has 2 bridgehead atoms. The summed E-state index contributed by atoms with van der Waals surface area (Å²) in [6, 6.07) is 9.06. The highest BCUT2D eigenvalue weighted by Gasteiger charge is 2.58. The molecule has 124 valence electrons. The first-order valence-corrected chi connectivity index (χ1v) is 9.22. The van der Waals surface area contributed by atoms with Crippen LogP contribution in [0.5, 0.6) is 0 Å². The average Bonchev–Trinajstić information content (AvgIpc) is 3.21. The number of allylic oxidation sites excluding steroid dienone is 2. The Balaban J connectivity index is 2.05. The van der Waals surface area contributed by atoms with Gasteiger partial charge in [-0.3, -0.25) is 4.90 Å². The molecule has 1 aliphatic carbocycles. The number of likely N-dealkylation sites (N-methyl/N-ethyl adjacent to an activating group) is 1.